The van der Waals surface area contributed by atoms with Gasteiger partial charge in [0.15, 0.2) is 0 Å². The fourth-order valence-corrected chi connectivity index (χ4v) is 2.04. The minimum atomic E-state index is 0.376. The van der Waals surface area contributed by atoms with Crippen molar-refractivity contribution in [2.75, 3.05) is 37.8 Å². The third-order valence-electron chi connectivity index (χ3n) is 2.95. The largest absolute Gasteiger partial charge is 0.368 e. The smallest absolute Gasteiger partial charge is 0.246 e. The predicted octanol–water partition coefficient (Wildman–Crippen LogP) is -0.0827. The first-order valence-electron chi connectivity index (χ1n) is 5.26. The number of H-pyrrole nitrogens is 1. The topological polar surface area (TPSA) is 74.1 Å². The van der Waals surface area contributed by atoms with Crippen molar-refractivity contribution in [1.29, 1.82) is 0 Å². The molecule has 6 nitrogen and oxygen atoms in total. The molecule has 0 radical (unpaired) electrons. The van der Waals surface area contributed by atoms with Crippen LogP contribution >= 0.6 is 0 Å². The molecule has 2 rings (SSSR count). The summed E-state index contributed by atoms with van der Waals surface area (Å²) in [7, 11) is 4.17. The summed E-state index contributed by atoms with van der Waals surface area (Å²) in [5.74, 6) is 1.06. The predicted molar refractivity (Wildman–Crippen MR) is 59.7 cm³/mol. The Hall–Kier alpha value is -1.30. The Morgan fingerprint density at radius 1 is 1.60 bits per heavy atom. The number of anilines is 2. The Morgan fingerprint density at radius 2 is 2.40 bits per heavy atom. The second kappa shape index (κ2) is 4.06. The van der Waals surface area contributed by atoms with Crippen LogP contribution in [-0.4, -0.2) is 53.3 Å². The monoisotopic (exact) mass is 210 g/mol. The average Bonchev–Trinajstić information content (AvgIpc) is 2.64. The van der Waals surface area contributed by atoms with Crippen molar-refractivity contribution in [3.63, 3.8) is 0 Å². The third kappa shape index (κ3) is 2.20. The van der Waals surface area contributed by atoms with Gasteiger partial charge in [-0.05, 0) is 26.4 Å². The van der Waals surface area contributed by atoms with E-state index in [0.717, 1.165) is 6.54 Å². The lowest BCUT2D eigenvalue weighted by molar-refractivity contribution is 0.247. The number of rotatable bonds is 2. The molecule has 0 bridgehead atoms. The third-order valence-corrected chi connectivity index (χ3v) is 2.95. The highest BCUT2D eigenvalue weighted by molar-refractivity contribution is 5.34. The van der Waals surface area contributed by atoms with E-state index in [1.54, 1.807) is 0 Å². The molecule has 15 heavy (non-hydrogen) atoms. The maximum Gasteiger partial charge on any atom is 0.246 e. The van der Waals surface area contributed by atoms with Crippen molar-refractivity contribution in [3.05, 3.63) is 0 Å². The van der Waals surface area contributed by atoms with Crippen LogP contribution in [0.3, 0.4) is 0 Å². The van der Waals surface area contributed by atoms with Crippen LogP contribution in [0.1, 0.15) is 12.8 Å². The number of aromatic amines is 1. The van der Waals surface area contributed by atoms with Crippen molar-refractivity contribution >= 4 is 11.9 Å². The van der Waals surface area contributed by atoms with E-state index in [2.05, 4.69) is 32.0 Å². The van der Waals surface area contributed by atoms with E-state index in [9.17, 15) is 0 Å². The summed E-state index contributed by atoms with van der Waals surface area (Å²) in [6, 6.07) is 0.485. The van der Waals surface area contributed by atoms with Gasteiger partial charge in [-0.1, -0.05) is 0 Å². The summed E-state index contributed by atoms with van der Waals surface area (Å²) in [5.41, 5.74) is 5.51. The molecule has 84 valence electrons. The van der Waals surface area contributed by atoms with Crippen LogP contribution < -0.4 is 10.6 Å². The number of aromatic nitrogens is 3. The second-order valence-corrected chi connectivity index (χ2v) is 4.19. The Bertz CT molecular complexity index is 322. The summed E-state index contributed by atoms with van der Waals surface area (Å²) in [6.07, 6.45) is 2.42. The van der Waals surface area contributed by atoms with Crippen molar-refractivity contribution in [1.82, 2.24) is 20.1 Å². The van der Waals surface area contributed by atoms with E-state index in [-0.39, 0.29) is 0 Å². The van der Waals surface area contributed by atoms with Gasteiger partial charge in [-0.3, -0.25) is 0 Å². The highest BCUT2D eigenvalue weighted by Crippen LogP contribution is 2.17. The number of nitrogens with one attached hydrogen (secondary N) is 1. The van der Waals surface area contributed by atoms with Gasteiger partial charge in [-0.15, -0.1) is 5.10 Å². The Balaban J connectivity index is 2.03. The van der Waals surface area contributed by atoms with Gasteiger partial charge in [0, 0.05) is 19.6 Å². The van der Waals surface area contributed by atoms with Crippen molar-refractivity contribution in [2.24, 2.45) is 0 Å². The van der Waals surface area contributed by atoms with Crippen LogP contribution in [0.15, 0.2) is 0 Å². The molecule has 0 aromatic carbocycles. The lowest BCUT2D eigenvalue weighted by atomic mass is 10.1. The van der Waals surface area contributed by atoms with Gasteiger partial charge in [-0.25, -0.2) is 5.10 Å². The van der Waals surface area contributed by atoms with Crippen LogP contribution in [0.2, 0.25) is 0 Å². The van der Waals surface area contributed by atoms with Gasteiger partial charge in [0.25, 0.3) is 0 Å². The van der Waals surface area contributed by atoms with Crippen LogP contribution in [0, 0.1) is 0 Å². The zero-order valence-corrected chi connectivity index (χ0v) is 9.27. The minimum absolute atomic E-state index is 0.376. The molecule has 0 spiro atoms. The lowest BCUT2D eigenvalue weighted by Gasteiger charge is -2.35. The van der Waals surface area contributed by atoms with Crippen molar-refractivity contribution in [2.45, 2.75) is 18.9 Å². The van der Waals surface area contributed by atoms with Gasteiger partial charge in [0.2, 0.25) is 11.9 Å². The number of likely N-dealkylation sites (N-methyl/N-ethyl adjacent to an activating group) is 2. The number of nitrogen functional groups attached to an aromatic ring is 1. The first-order chi connectivity index (χ1) is 7.16. The van der Waals surface area contributed by atoms with Gasteiger partial charge < -0.3 is 15.5 Å². The fourth-order valence-electron chi connectivity index (χ4n) is 2.04. The molecule has 3 N–H and O–H groups in total. The molecule has 1 atom stereocenters. The van der Waals surface area contributed by atoms with Crippen LogP contribution in [0.25, 0.3) is 0 Å². The molecule has 1 unspecified atom stereocenters. The SMILES string of the molecule is CN1CCCC(N(C)c2n[nH]c(N)n2)C1. The molecule has 1 aliphatic rings. The highest BCUT2D eigenvalue weighted by atomic mass is 15.4. The van der Waals surface area contributed by atoms with Gasteiger partial charge in [0.1, 0.15) is 0 Å². The highest BCUT2D eigenvalue weighted by Gasteiger charge is 2.23. The number of likely N-dealkylation sites (tertiary alicyclic amines) is 1. The Morgan fingerprint density at radius 3 is 3.00 bits per heavy atom. The van der Waals surface area contributed by atoms with E-state index in [4.69, 9.17) is 5.73 Å². The molecule has 1 fully saturated rings. The number of hydrogen-bond acceptors (Lipinski definition) is 5. The molecule has 0 saturated carbocycles. The number of piperidine rings is 1. The Kier molecular flexibility index (Phi) is 2.77. The molecular formula is C9H18N6. The molecule has 0 amide bonds. The number of nitrogens with two attached hydrogens (primary N) is 1. The first-order valence-corrected chi connectivity index (χ1v) is 5.26. The number of hydrogen-bond donors (Lipinski definition) is 2. The molecule has 1 aromatic rings. The summed E-state index contributed by atoms with van der Waals surface area (Å²) in [5, 5.41) is 6.72. The van der Waals surface area contributed by atoms with E-state index in [1.807, 2.05) is 7.05 Å². The van der Waals surface area contributed by atoms with E-state index in [0.29, 0.717) is 17.9 Å². The number of nitrogens with zero attached hydrogens (tertiary/aromatic N) is 4. The molecule has 6 heteroatoms. The minimum Gasteiger partial charge on any atom is -0.368 e. The summed E-state index contributed by atoms with van der Waals surface area (Å²) in [4.78, 5) is 8.56. The van der Waals surface area contributed by atoms with Gasteiger partial charge in [-0.2, -0.15) is 4.98 Å². The molecule has 1 saturated heterocycles. The van der Waals surface area contributed by atoms with Crippen LogP contribution in [-0.2, 0) is 0 Å². The van der Waals surface area contributed by atoms with Crippen molar-refractivity contribution in [3.8, 4) is 0 Å². The maximum atomic E-state index is 5.51. The zero-order valence-electron chi connectivity index (χ0n) is 9.27. The zero-order chi connectivity index (χ0) is 10.8. The lowest BCUT2D eigenvalue weighted by Crippen LogP contribution is -2.45. The van der Waals surface area contributed by atoms with Crippen molar-refractivity contribution < 1.29 is 0 Å². The average molecular weight is 210 g/mol. The molecule has 0 aliphatic carbocycles. The molecular weight excluding hydrogens is 192 g/mol. The van der Waals surface area contributed by atoms with Crippen LogP contribution in [0.5, 0.6) is 0 Å². The normalized spacial score (nSPS) is 22.9. The Labute approximate surface area is 89.5 Å². The maximum absolute atomic E-state index is 5.51. The molecule has 1 aromatic heterocycles. The fraction of sp³-hybridized carbons (Fsp3) is 0.778. The van der Waals surface area contributed by atoms with Crippen LogP contribution in [0.4, 0.5) is 11.9 Å². The van der Waals surface area contributed by atoms with E-state index >= 15 is 0 Å². The summed E-state index contributed by atoms with van der Waals surface area (Å²) >= 11 is 0. The first kappa shape index (κ1) is 10.2. The summed E-state index contributed by atoms with van der Waals surface area (Å²) in [6.45, 7) is 2.24. The van der Waals surface area contributed by atoms with E-state index < -0.39 is 0 Å². The van der Waals surface area contributed by atoms with Gasteiger partial charge in [0.05, 0.1) is 0 Å². The second-order valence-electron chi connectivity index (χ2n) is 4.19. The quantitative estimate of drug-likeness (QED) is 0.714. The molecule has 1 aliphatic heterocycles. The van der Waals surface area contributed by atoms with E-state index in [1.165, 1.54) is 19.4 Å². The summed E-state index contributed by atoms with van der Waals surface area (Å²) < 4.78 is 0. The molecule has 2 heterocycles. The van der Waals surface area contributed by atoms with Gasteiger partial charge >= 0.3 is 0 Å². The standard InChI is InChI=1S/C9H18N6/c1-14-5-3-4-7(6-14)15(2)9-11-8(10)12-13-9/h7H,3-6H2,1-2H3,(H3,10,11,12,13).